The van der Waals surface area contributed by atoms with Gasteiger partial charge < -0.3 is 10.2 Å². The zero-order chi connectivity index (χ0) is 11.4. The average molecular weight is 215 g/mol. The molecule has 1 aliphatic heterocycles. The zero-order valence-electron chi connectivity index (χ0n) is 9.45. The highest BCUT2D eigenvalue weighted by Crippen LogP contribution is 2.23. The Labute approximate surface area is 96.5 Å². The van der Waals surface area contributed by atoms with E-state index in [4.69, 9.17) is 0 Å². The van der Waals surface area contributed by atoms with Gasteiger partial charge in [0, 0.05) is 37.9 Å². The van der Waals surface area contributed by atoms with Gasteiger partial charge in [-0.15, -0.1) is 0 Å². The number of pyridine rings is 1. The first-order valence-electron chi connectivity index (χ1n) is 5.56. The van der Waals surface area contributed by atoms with Crippen molar-refractivity contribution < 1.29 is 0 Å². The van der Waals surface area contributed by atoms with Gasteiger partial charge in [0.15, 0.2) is 0 Å². The summed E-state index contributed by atoms with van der Waals surface area (Å²) in [7, 11) is 0. The van der Waals surface area contributed by atoms with Gasteiger partial charge in [0.2, 0.25) is 0 Å². The molecule has 0 spiro atoms. The third-order valence-corrected chi connectivity index (χ3v) is 2.84. The molecule has 3 nitrogen and oxygen atoms in total. The second-order valence-electron chi connectivity index (χ2n) is 3.78. The van der Waals surface area contributed by atoms with Crippen molar-refractivity contribution in [3.8, 4) is 0 Å². The van der Waals surface area contributed by atoms with Crippen molar-refractivity contribution in [2.24, 2.45) is 0 Å². The lowest BCUT2D eigenvalue weighted by Gasteiger charge is -2.29. The van der Waals surface area contributed by atoms with Crippen LogP contribution < -0.4 is 10.2 Å². The average Bonchev–Trinajstić information content (AvgIpc) is 2.38. The maximum Gasteiger partial charge on any atom is 0.136 e. The van der Waals surface area contributed by atoms with Gasteiger partial charge in [0.1, 0.15) is 5.82 Å². The van der Waals surface area contributed by atoms with Gasteiger partial charge in [-0.1, -0.05) is 25.3 Å². The van der Waals surface area contributed by atoms with Crippen molar-refractivity contribution >= 4 is 18.0 Å². The minimum absolute atomic E-state index is 0.994. The second kappa shape index (κ2) is 4.94. The van der Waals surface area contributed by atoms with E-state index < -0.39 is 0 Å². The molecule has 0 unspecified atom stereocenters. The van der Waals surface area contributed by atoms with Crippen molar-refractivity contribution in [2.75, 3.05) is 31.1 Å². The predicted octanol–water partition coefficient (Wildman–Crippen LogP) is 1.78. The molecule has 0 aromatic carbocycles. The monoisotopic (exact) mass is 215 g/mol. The van der Waals surface area contributed by atoms with E-state index in [9.17, 15) is 0 Å². The molecule has 0 bridgehead atoms. The molecular formula is C13H17N3. The third kappa shape index (κ3) is 1.99. The molecule has 1 saturated heterocycles. The SMILES string of the molecule is C=Cc1ccnc(N2CCNCC2)c1C=C. The van der Waals surface area contributed by atoms with Crippen LogP contribution in [0.2, 0.25) is 0 Å². The summed E-state index contributed by atoms with van der Waals surface area (Å²) < 4.78 is 0. The minimum Gasteiger partial charge on any atom is -0.354 e. The molecule has 0 saturated carbocycles. The minimum atomic E-state index is 0.994. The van der Waals surface area contributed by atoms with Gasteiger partial charge in [0.25, 0.3) is 0 Å². The zero-order valence-corrected chi connectivity index (χ0v) is 9.45. The van der Waals surface area contributed by atoms with E-state index >= 15 is 0 Å². The largest absolute Gasteiger partial charge is 0.354 e. The van der Waals surface area contributed by atoms with Crippen LogP contribution in [-0.2, 0) is 0 Å². The summed E-state index contributed by atoms with van der Waals surface area (Å²) in [5.41, 5.74) is 2.18. The quantitative estimate of drug-likeness (QED) is 0.833. The van der Waals surface area contributed by atoms with Crippen LogP contribution in [0.25, 0.3) is 12.2 Å². The van der Waals surface area contributed by atoms with Crippen LogP contribution in [-0.4, -0.2) is 31.2 Å². The Morgan fingerprint density at radius 2 is 2.00 bits per heavy atom. The van der Waals surface area contributed by atoms with Crippen molar-refractivity contribution in [1.29, 1.82) is 0 Å². The topological polar surface area (TPSA) is 28.2 Å². The molecule has 84 valence electrons. The van der Waals surface area contributed by atoms with Crippen LogP contribution in [0.1, 0.15) is 11.1 Å². The van der Waals surface area contributed by atoms with E-state index in [2.05, 4.69) is 28.4 Å². The van der Waals surface area contributed by atoms with Crippen LogP contribution >= 0.6 is 0 Å². The lowest BCUT2D eigenvalue weighted by atomic mass is 10.1. The van der Waals surface area contributed by atoms with E-state index in [-0.39, 0.29) is 0 Å². The molecule has 1 aliphatic rings. The van der Waals surface area contributed by atoms with Gasteiger partial charge in [-0.05, 0) is 11.6 Å². The summed E-state index contributed by atoms with van der Waals surface area (Å²) in [6, 6.07) is 1.97. The van der Waals surface area contributed by atoms with Crippen molar-refractivity contribution in [1.82, 2.24) is 10.3 Å². The summed E-state index contributed by atoms with van der Waals surface area (Å²) in [4.78, 5) is 6.75. The van der Waals surface area contributed by atoms with Crippen LogP contribution in [0.4, 0.5) is 5.82 Å². The fraction of sp³-hybridized carbons (Fsp3) is 0.308. The van der Waals surface area contributed by atoms with Crippen LogP contribution in [0.3, 0.4) is 0 Å². The van der Waals surface area contributed by atoms with Gasteiger partial charge >= 0.3 is 0 Å². The van der Waals surface area contributed by atoms with Gasteiger partial charge in [-0.2, -0.15) is 0 Å². The highest BCUT2D eigenvalue weighted by Gasteiger charge is 2.15. The molecular weight excluding hydrogens is 198 g/mol. The predicted molar refractivity (Wildman–Crippen MR) is 69.5 cm³/mol. The number of piperazine rings is 1. The summed E-state index contributed by atoms with van der Waals surface area (Å²) in [6.07, 6.45) is 5.55. The molecule has 0 aliphatic carbocycles. The first kappa shape index (κ1) is 10.9. The lowest BCUT2D eigenvalue weighted by molar-refractivity contribution is 0.584. The fourth-order valence-electron chi connectivity index (χ4n) is 1.99. The van der Waals surface area contributed by atoms with Crippen LogP contribution in [0, 0.1) is 0 Å². The summed E-state index contributed by atoms with van der Waals surface area (Å²) in [6.45, 7) is 11.7. The molecule has 1 aromatic heterocycles. The smallest absolute Gasteiger partial charge is 0.136 e. The molecule has 3 heteroatoms. The number of nitrogens with one attached hydrogen (secondary N) is 1. The van der Waals surface area contributed by atoms with Crippen molar-refractivity contribution in [3.05, 3.63) is 36.5 Å². The Hall–Kier alpha value is -1.61. The Morgan fingerprint density at radius 1 is 1.25 bits per heavy atom. The number of aromatic nitrogens is 1. The lowest BCUT2D eigenvalue weighted by Crippen LogP contribution is -2.44. The number of nitrogens with zero attached hydrogens (tertiary/aromatic N) is 2. The molecule has 1 aromatic rings. The Morgan fingerprint density at radius 3 is 2.62 bits per heavy atom. The third-order valence-electron chi connectivity index (χ3n) is 2.84. The van der Waals surface area contributed by atoms with Gasteiger partial charge in [-0.3, -0.25) is 0 Å². The summed E-state index contributed by atoms with van der Waals surface area (Å²) in [5, 5.41) is 3.34. The van der Waals surface area contributed by atoms with Gasteiger partial charge in [0.05, 0.1) is 0 Å². The Bertz CT molecular complexity index is 392. The Balaban J connectivity index is 2.38. The number of rotatable bonds is 3. The molecule has 1 N–H and O–H groups in total. The molecule has 0 amide bonds. The molecule has 0 atom stereocenters. The fourth-order valence-corrected chi connectivity index (χ4v) is 1.99. The normalized spacial score (nSPS) is 15.9. The van der Waals surface area contributed by atoms with E-state index in [1.54, 1.807) is 0 Å². The maximum absolute atomic E-state index is 4.46. The van der Waals surface area contributed by atoms with E-state index in [0.29, 0.717) is 0 Å². The standard InChI is InChI=1S/C13H17N3/c1-3-11-5-6-15-13(12(11)4-2)16-9-7-14-8-10-16/h3-6,14H,1-2,7-10H2. The molecule has 2 rings (SSSR count). The first-order valence-corrected chi connectivity index (χ1v) is 5.56. The van der Waals surface area contributed by atoms with Crippen molar-refractivity contribution in [3.63, 3.8) is 0 Å². The molecule has 2 heterocycles. The molecule has 1 fully saturated rings. The summed E-state index contributed by atoms with van der Waals surface area (Å²) in [5.74, 6) is 1.02. The highest BCUT2D eigenvalue weighted by molar-refractivity contribution is 5.72. The van der Waals surface area contributed by atoms with E-state index in [0.717, 1.165) is 43.1 Å². The molecule has 16 heavy (non-hydrogen) atoms. The highest BCUT2D eigenvalue weighted by atomic mass is 15.2. The van der Waals surface area contributed by atoms with Crippen LogP contribution in [0.15, 0.2) is 25.4 Å². The first-order chi connectivity index (χ1) is 7.86. The maximum atomic E-state index is 4.46. The molecule has 0 radical (unpaired) electrons. The van der Waals surface area contributed by atoms with Gasteiger partial charge in [-0.25, -0.2) is 4.98 Å². The van der Waals surface area contributed by atoms with Crippen LogP contribution in [0.5, 0.6) is 0 Å². The number of hydrogen-bond acceptors (Lipinski definition) is 3. The van der Waals surface area contributed by atoms with Crippen molar-refractivity contribution in [2.45, 2.75) is 0 Å². The van der Waals surface area contributed by atoms with E-state index in [1.165, 1.54) is 0 Å². The summed E-state index contributed by atoms with van der Waals surface area (Å²) >= 11 is 0. The Kier molecular flexibility index (Phi) is 3.37. The van der Waals surface area contributed by atoms with E-state index in [1.807, 2.05) is 24.4 Å². The second-order valence-corrected chi connectivity index (χ2v) is 3.78. The number of hydrogen-bond donors (Lipinski definition) is 1. The number of anilines is 1.